The van der Waals surface area contributed by atoms with Gasteiger partial charge in [-0.1, -0.05) is 0 Å². The second-order valence-electron chi connectivity index (χ2n) is 5.74. The lowest BCUT2D eigenvalue weighted by molar-refractivity contribution is -0.121. The molecule has 5 nitrogen and oxygen atoms in total. The van der Waals surface area contributed by atoms with Crippen molar-refractivity contribution in [3.05, 3.63) is 23.8 Å². The van der Waals surface area contributed by atoms with Gasteiger partial charge in [-0.05, 0) is 56.0 Å². The first-order valence-corrected chi connectivity index (χ1v) is 7.90. The maximum atomic E-state index is 12.0. The van der Waals surface area contributed by atoms with Gasteiger partial charge in [-0.25, -0.2) is 0 Å². The zero-order valence-corrected chi connectivity index (χ0v) is 13.5. The molecule has 1 aromatic rings. The maximum absolute atomic E-state index is 12.0. The van der Waals surface area contributed by atoms with Gasteiger partial charge in [0.15, 0.2) is 0 Å². The first-order valence-electron chi connectivity index (χ1n) is 7.90. The quantitative estimate of drug-likeness (QED) is 0.806. The molecule has 1 amide bonds. The summed E-state index contributed by atoms with van der Waals surface area (Å²) < 4.78 is 10.5. The van der Waals surface area contributed by atoms with Crippen LogP contribution in [0.4, 0.5) is 0 Å². The van der Waals surface area contributed by atoms with Crippen molar-refractivity contribution in [2.24, 2.45) is 5.92 Å². The molecule has 1 aliphatic rings. The number of nitrogens with one attached hydrogen (secondary N) is 2. The van der Waals surface area contributed by atoms with E-state index >= 15 is 0 Å². The molecule has 1 fully saturated rings. The largest absolute Gasteiger partial charge is 0.497 e. The molecule has 0 radical (unpaired) electrons. The Hall–Kier alpha value is -1.75. The molecule has 2 N–H and O–H groups in total. The van der Waals surface area contributed by atoms with E-state index in [2.05, 4.69) is 10.6 Å². The smallest absolute Gasteiger partial charge is 0.220 e. The van der Waals surface area contributed by atoms with Gasteiger partial charge in [0.25, 0.3) is 0 Å². The maximum Gasteiger partial charge on any atom is 0.220 e. The third-order valence-electron chi connectivity index (χ3n) is 4.04. The number of rotatable bonds is 7. The summed E-state index contributed by atoms with van der Waals surface area (Å²) in [5.74, 6) is 2.17. The van der Waals surface area contributed by atoms with E-state index in [0.29, 0.717) is 18.8 Å². The Balaban J connectivity index is 1.77. The van der Waals surface area contributed by atoms with Crippen LogP contribution < -0.4 is 20.1 Å². The highest BCUT2D eigenvalue weighted by Crippen LogP contribution is 2.23. The van der Waals surface area contributed by atoms with Crippen LogP contribution in [-0.2, 0) is 11.2 Å². The van der Waals surface area contributed by atoms with Crippen LogP contribution in [0.5, 0.6) is 11.5 Å². The lowest BCUT2D eigenvalue weighted by atomic mass is 9.99. The molecule has 0 aromatic heterocycles. The van der Waals surface area contributed by atoms with Gasteiger partial charge in [0.1, 0.15) is 11.5 Å². The Morgan fingerprint density at radius 1 is 1.27 bits per heavy atom. The van der Waals surface area contributed by atoms with Gasteiger partial charge in [0, 0.05) is 19.0 Å². The fourth-order valence-corrected chi connectivity index (χ4v) is 2.71. The summed E-state index contributed by atoms with van der Waals surface area (Å²) in [5.41, 5.74) is 1.05. The van der Waals surface area contributed by atoms with Crippen LogP contribution in [0.2, 0.25) is 0 Å². The van der Waals surface area contributed by atoms with E-state index in [4.69, 9.17) is 9.47 Å². The molecular weight excluding hydrogens is 280 g/mol. The third kappa shape index (κ3) is 5.22. The monoisotopic (exact) mass is 306 g/mol. The lowest BCUT2D eigenvalue weighted by Gasteiger charge is -2.22. The highest BCUT2D eigenvalue weighted by molar-refractivity contribution is 5.76. The van der Waals surface area contributed by atoms with Crippen LogP contribution in [-0.4, -0.2) is 39.8 Å². The van der Waals surface area contributed by atoms with E-state index < -0.39 is 0 Å². The predicted molar refractivity (Wildman–Crippen MR) is 86.5 cm³/mol. The second kappa shape index (κ2) is 8.63. The Labute approximate surface area is 132 Å². The van der Waals surface area contributed by atoms with Gasteiger partial charge in [0.2, 0.25) is 5.91 Å². The number of aryl methyl sites for hydroxylation is 1. The highest BCUT2D eigenvalue weighted by Gasteiger charge is 2.13. The summed E-state index contributed by atoms with van der Waals surface area (Å²) in [6.45, 7) is 2.88. The minimum atomic E-state index is 0.104. The number of amides is 1. The summed E-state index contributed by atoms with van der Waals surface area (Å²) >= 11 is 0. The number of methoxy groups -OCH3 is 2. The number of hydrogen-bond donors (Lipinski definition) is 2. The van der Waals surface area contributed by atoms with Crippen molar-refractivity contribution in [1.82, 2.24) is 10.6 Å². The molecule has 0 bridgehead atoms. The molecule has 1 unspecified atom stereocenters. The standard InChI is InChI=1S/C17H26N2O3/c1-21-15-8-13(9-16(10-15)22-2)5-6-17(20)19-12-14-4-3-7-18-11-14/h8-10,14,18H,3-7,11-12H2,1-2H3,(H,19,20). The minimum Gasteiger partial charge on any atom is -0.497 e. The van der Waals surface area contributed by atoms with Crippen molar-refractivity contribution < 1.29 is 14.3 Å². The van der Waals surface area contributed by atoms with Crippen LogP contribution >= 0.6 is 0 Å². The molecule has 1 atom stereocenters. The summed E-state index contributed by atoms with van der Waals surface area (Å²) in [4.78, 5) is 12.0. The molecule has 1 aliphatic heterocycles. The van der Waals surface area contributed by atoms with E-state index in [1.54, 1.807) is 14.2 Å². The molecular formula is C17H26N2O3. The van der Waals surface area contributed by atoms with E-state index in [1.807, 2.05) is 18.2 Å². The average molecular weight is 306 g/mol. The summed E-state index contributed by atoms with van der Waals surface area (Å²) in [6.07, 6.45) is 3.56. The molecule has 2 rings (SSSR count). The lowest BCUT2D eigenvalue weighted by Crippen LogP contribution is -2.38. The molecule has 5 heteroatoms. The van der Waals surface area contributed by atoms with Gasteiger partial charge in [-0.15, -0.1) is 0 Å². The number of ether oxygens (including phenoxy) is 2. The Kier molecular flexibility index (Phi) is 6.52. The number of carbonyl (C=O) groups is 1. The van der Waals surface area contributed by atoms with Gasteiger partial charge in [-0.3, -0.25) is 4.79 Å². The molecule has 1 aromatic carbocycles. The van der Waals surface area contributed by atoms with Gasteiger partial charge >= 0.3 is 0 Å². The zero-order valence-electron chi connectivity index (χ0n) is 13.5. The zero-order chi connectivity index (χ0) is 15.8. The second-order valence-corrected chi connectivity index (χ2v) is 5.74. The average Bonchev–Trinajstić information content (AvgIpc) is 2.58. The first-order chi connectivity index (χ1) is 10.7. The van der Waals surface area contributed by atoms with Crippen LogP contribution in [0.1, 0.15) is 24.8 Å². The Morgan fingerprint density at radius 3 is 2.59 bits per heavy atom. The van der Waals surface area contributed by atoms with Gasteiger partial charge in [0.05, 0.1) is 14.2 Å². The van der Waals surface area contributed by atoms with Crippen molar-refractivity contribution in [2.45, 2.75) is 25.7 Å². The number of hydrogen-bond acceptors (Lipinski definition) is 4. The number of benzene rings is 1. The fraction of sp³-hybridized carbons (Fsp3) is 0.588. The molecule has 1 saturated heterocycles. The summed E-state index contributed by atoms with van der Waals surface area (Å²) in [5, 5.41) is 6.40. The van der Waals surface area contributed by atoms with Crippen molar-refractivity contribution >= 4 is 5.91 Å². The number of piperidine rings is 1. The van der Waals surface area contributed by atoms with Crippen LogP contribution in [0, 0.1) is 5.92 Å². The van der Waals surface area contributed by atoms with Crippen LogP contribution in [0.25, 0.3) is 0 Å². The summed E-state index contributed by atoms with van der Waals surface area (Å²) in [7, 11) is 3.26. The molecule has 122 valence electrons. The van der Waals surface area contributed by atoms with E-state index in [0.717, 1.165) is 36.7 Å². The molecule has 0 spiro atoms. The highest BCUT2D eigenvalue weighted by atomic mass is 16.5. The van der Waals surface area contributed by atoms with E-state index in [1.165, 1.54) is 12.8 Å². The molecule has 22 heavy (non-hydrogen) atoms. The first kappa shape index (κ1) is 16.6. The van der Waals surface area contributed by atoms with Crippen LogP contribution in [0.3, 0.4) is 0 Å². The SMILES string of the molecule is COc1cc(CCC(=O)NCC2CCCNC2)cc(OC)c1. The van der Waals surface area contributed by atoms with E-state index in [9.17, 15) is 4.79 Å². The van der Waals surface area contributed by atoms with Crippen molar-refractivity contribution in [3.63, 3.8) is 0 Å². The molecule has 0 aliphatic carbocycles. The van der Waals surface area contributed by atoms with E-state index in [-0.39, 0.29) is 5.91 Å². The summed E-state index contributed by atoms with van der Waals surface area (Å²) in [6, 6.07) is 5.72. The Morgan fingerprint density at radius 2 is 2.00 bits per heavy atom. The van der Waals surface area contributed by atoms with Crippen molar-refractivity contribution in [1.29, 1.82) is 0 Å². The third-order valence-corrected chi connectivity index (χ3v) is 4.04. The molecule has 0 saturated carbocycles. The van der Waals surface area contributed by atoms with Gasteiger partial charge < -0.3 is 20.1 Å². The minimum absolute atomic E-state index is 0.104. The van der Waals surface area contributed by atoms with Crippen molar-refractivity contribution in [2.75, 3.05) is 33.9 Å². The number of carbonyl (C=O) groups excluding carboxylic acids is 1. The normalized spacial score (nSPS) is 17.8. The topological polar surface area (TPSA) is 59.6 Å². The molecule has 1 heterocycles. The Bertz CT molecular complexity index is 463. The van der Waals surface area contributed by atoms with Gasteiger partial charge in [-0.2, -0.15) is 0 Å². The predicted octanol–water partition coefficient (Wildman–Crippen LogP) is 1.75. The van der Waals surface area contributed by atoms with Crippen LogP contribution in [0.15, 0.2) is 18.2 Å². The fourth-order valence-electron chi connectivity index (χ4n) is 2.71. The van der Waals surface area contributed by atoms with Crippen molar-refractivity contribution in [3.8, 4) is 11.5 Å².